The van der Waals surface area contributed by atoms with Crippen LogP contribution in [0.25, 0.3) is 5.65 Å². The molecule has 0 bridgehead atoms. The average molecular weight is 421 g/mol. The zero-order chi connectivity index (χ0) is 21.8. The Balaban J connectivity index is 1.37. The molecular weight excluding hydrogens is 392 g/mol. The first kappa shape index (κ1) is 20.8. The van der Waals surface area contributed by atoms with E-state index in [2.05, 4.69) is 20.8 Å². The van der Waals surface area contributed by atoms with Crippen LogP contribution >= 0.6 is 0 Å². The number of benzene rings is 1. The number of hydrogen-bond donors (Lipinski definition) is 2. The van der Waals surface area contributed by atoms with Crippen molar-refractivity contribution in [3.63, 3.8) is 0 Å². The number of aromatic nitrogens is 3. The number of carbonyl (C=O) groups is 2. The molecule has 0 aliphatic carbocycles. The molecule has 0 radical (unpaired) electrons. The molecule has 8 heteroatoms. The molecule has 162 valence electrons. The molecular formula is C23H28N6O2. The number of nitrogens with zero attached hydrogens (tertiary/aromatic N) is 4. The van der Waals surface area contributed by atoms with Crippen LogP contribution in [0.1, 0.15) is 38.4 Å². The summed E-state index contributed by atoms with van der Waals surface area (Å²) in [6.07, 6.45) is 3.62. The third-order valence-electron chi connectivity index (χ3n) is 5.76. The molecule has 3 heterocycles. The maximum absolute atomic E-state index is 13.2. The van der Waals surface area contributed by atoms with Crippen molar-refractivity contribution in [1.82, 2.24) is 24.8 Å². The van der Waals surface area contributed by atoms with Gasteiger partial charge in [0.2, 0.25) is 5.91 Å². The van der Waals surface area contributed by atoms with Gasteiger partial charge in [0.25, 0.3) is 0 Å². The summed E-state index contributed by atoms with van der Waals surface area (Å²) in [5, 5.41) is 14.3. The fourth-order valence-corrected chi connectivity index (χ4v) is 4.04. The first-order valence-corrected chi connectivity index (χ1v) is 10.7. The van der Waals surface area contributed by atoms with E-state index in [1.54, 1.807) is 0 Å². The number of likely N-dealkylation sites (tertiary alicyclic amines) is 1. The molecule has 4 rings (SSSR count). The standard InChI is InChI=1S/C23H28N6O2/c1-16(2)20(25-23(31)24-18-8-4-3-5-9-18)22(30)28-14-11-17(12-15-28)21-27-26-19-10-6-7-13-29(19)21/h3-10,13,16-17,20H,11-12,14-15H2,1-2H3,(H2,24,25,31). The van der Waals surface area contributed by atoms with Crippen LogP contribution in [-0.2, 0) is 4.79 Å². The number of hydrogen-bond acceptors (Lipinski definition) is 4. The number of amides is 3. The van der Waals surface area contributed by atoms with Crippen LogP contribution in [0, 0.1) is 5.92 Å². The van der Waals surface area contributed by atoms with Gasteiger partial charge in [-0.3, -0.25) is 9.20 Å². The van der Waals surface area contributed by atoms with Gasteiger partial charge >= 0.3 is 6.03 Å². The third kappa shape index (κ3) is 4.68. The molecule has 1 aliphatic rings. The highest BCUT2D eigenvalue weighted by molar-refractivity contribution is 5.93. The number of nitrogens with one attached hydrogen (secondary N) is 2. The Kier molecular flexibility index (Phi) is 6.16. The maximum atomic E-state index is 13.2. The van der Waals surface area contributed by atoms with Crippen molar-refractivity contribution < 1.29 is 9.59 Å². The summed E-state index contributed by atoms with van der Waals surface area (Å²) < 4.78 is 2.02. The first-order valence-electron chi connectivity index (χ1n) is 10.7. The summed E-state index contributed by atoms with van der Waals surface area (Å²) in [5.74, 6) is 1.15. The number of rotatable bonds is 5. The van der Waals surface area contributed by atoms with Crippen molar-refractivity contribution in [2.24, 2.45) is 5.92 Å². The van der Waals surface area contributed by atoms with Gasteiger partial charge in [0.1, 0.15) is 11.9 Å². The van der Waals surface area contributed by atoms with Gasteiger partial charge in [-0.2, -0.15) is 0 Å². The lowest BCUT2D eigenvalue weighted by molar-refractivity contribution is -0.135. The smallest absolute Gasteiger partial charge is 0.319 e. The second-order valence-electron chi connectivity index (χ2n) is 8.27. The molecule has 1 atom stereocenters. The minimum absolute atomic E-state index is 0.0211. The second-order valence-corrected chi connectivity index (χ2v) is 8.27. The summed E-state index contributed by atoms with van der Waals surface area (Å²) in [4.78, 5) is 27.5. The molecule has 2 aromatic heterocycles. The minimum atomic E-state index is -0.575. The lowest BCUT2D eigenvalue weighted by atomic mass is 9.94. The topological polar surface area (TPSA) is 91.6 Å². The Labute approximate surface area is 181 Å². The van der Waals surface area contributed by atoms with E-state index in [0.29, 0.717) is 18.8 Å². The quantitative estimate of drug-likeness (QED) is 0.663. The van der Waals surface area contributed by atoms with Gasteiger partial charge in [-0.1, -0.05) is 38.1 Å². The number of carbonyl (C=O) groups excluding carboxylic acids is 2. The van der Waals surface area contributed by atoms with Crippen LogP contribution in [0.3, 0.4) is 0 Å². The number of piperidine rings is 1. The van der Waals surface area contributed by atoms with E-state index in [9.17, 15) is 9.59 Å². The Morgan fingerprint density at radius 2 is 1.71 bits per heavy atom. The lowest BCUT2D eigenvalue weighted by Crippen LogP contribution is -2.53. The fourth-order valence-electron chi connectivity index (χ4n) is 4.04. The van der Waals surface area contributed by atoms with E-state index in [0.717, 1.165) is 24.3 Å². The van der Waals surface area contributed by atoms with E-state index in [1.165, 1.54) is 0 Å². The predicted molar refractivity (Wildman–Crippen MR) is 119 cm³/mol. The minimum Gasteiger partial charge on any atom is -0.341 e. The van der Waals surface area contributed by atoms with Crippen molar-refractivity contribution >= 4 is 23.3 Å². The van der Waals surface area contributed by atoms with Crippen LogP contribution in [-0.4, -0.2) is 50.6 Å². The SMILES string of the molecule is CC(C)C(NC(=O)Nc1ccccc1)C(=O)N1CCC(c2nnc3ccccn23)CC1. The average Bonchev–Trinajstić information content (AvgIpc) is 3.22. The molecule has 1 unspecified atom stereocenters. The van der Waals surface area contributed by atoms with E-state index in [-0.39, 0.29) is 23.8 Å². The monoisotopic (exact) mass is 420 g/mol. The van der Waals surface area contributed by atoms with Gasteiger partial charge in [0, 0.05) is 30.9 Å². The molecule has 2 N–H and O–H groups in total. The summed E-state index contributed by atoms with van der Waals surface area (Å²) >= 11 is 0. The van der Waals surface area contributed by atoms with Crippen molar-refractivity contribution in [2.45, 2.75) is 38.6 Å². The normalized spacial score (nSPS) is 15.8. The largest absolute Gasteiger partial charge is 0.341 e. The van der Waals surface area contributed by atoms with Crippen LogP contribution < -0.4 is 10.6 Å². The molecule has 1 aromatic carbocycles. The Hall–Kier alpha value is -3.42. The Morgan fingerprint density at radius 3 is 2.42 bits per heavy atom. The molecule has 3 amide bonds. The highest BCUT2D eigenvalue weighted by atomic mass is 16.2. The van der Waals surface area contributed by atoms with E-state index < -0.39 is 6.04 Å². The molecule has 31 heavy (non-hydrogen) atoms. The molecule has 0 spiro atoms. The summed E-state index contributed by atoms with van der Waals surface area (Å²) in [5.41, 5.74) is 1.53. The predicted octanol–water partition coefficient (Wildman–Crippen LogP) is 3.28. The zero-order valence-corrected chi connectivity index (χ0v) is 17.9. The van der Waals surface area contributed by atoms with E-state index in [1.807, 2.05) is 77.9 Å². The highest BCUT2D eigenvalue weighted by Crippen LogP contribution is 2.27. The highest BCUT2D eigenvalue weighted by Gasteiger charge is 2.32. The third-order valence-corrected chi connectivity index (χ3v) is 5.76. The maximum Gasteiger partial charge on any atom is 0.319 e. The van der Waals surface area contributed by atoms with Gasteiger partial charge in [-0.05, 0) is 43.0 Å². The number of fused-ring (bicyclic) bond motifs is 1. The first-order chi connectivity index (χ1) is 15.0. The molecule has 8 nitrogen and oxygen atoms in total. The molecule has 1 saturated heterocycles. The van der Waals surface area contributed by atoms with Crippen molar-refractivity contribution in [2.75, 3.05) is 18.4 Å². The number of pyridine rings is 1. The Bertz CT molecular complexity index is 1040. The lowest BCUT2D eigenvalue weighted by Gasteiger charge is -2.35. The number of para-hydroxylation sites is 1. The van der Waals surface area contributed by atoms with E-state index in [4.69, 9.17) is 0 Å². The summed E-state index contributed by atoms with van der Waals surface area (Å²) in [6, 6.07) is 14.1. The second kappa shape index (κ2) is 9.16. The number of anilines is 1. The fraction of sp³-hybridized carbons (Fsp3) is 0.391. The van der Waals surface area contributed by atoms with E-state index >= 15 is 0 Å². The van der Waals surface area contributed by atoms with Crippen LogP contribution in [0.15, 0.2) is 54.7 Å². The molecule has 0 saturated carbocycles. The summed E-state index contributed by atoms with van der Waals surface area (Å²) in [6.45, 7) is 5.16. The zero-order valence-electron chi connectivity index (χ0n) is 17.9. The number of urea groups is 1. The Morgan fingerprint density at radius 1 is 1.00 bits per heavy atom. The molecule has 1 aliphatic heterocycles. The van der Waals surface area contributed by atoms with Gasteiger partial charge in [0.15, 0.2) is 5.65 Å². The van der Waals surface area contributed by atoms with Crippen LogP contribution in [0.4, 0.5) is 10.5 Å². The van der Waals surface area contributed by atoms with Crippen molar-refractivity contribution in [3.8, 4) is 0 Å². The van der Waals surface area contributed by atoms with Crippen LogP contribution in [0.2, 0.25) is 0 Å². The van der Waals surface area contributed by atoms with Gasteiger partial charge in [0.05, 0.1) is 0 Å². The molecule has 1 fully saturated rings. The summed E-state index contributed by atoms with van der Waals surface area (Å²) in [7, 11) is 0. The van der Waals surface area contributed by atoms with Crippen LogP contribution in [0.5, 0.6) is 0 Å². The van der Waals surface area contributed by atoms with Crippen molar-refractivity contribution in [3.05, 3.63) is 60.6 Å². The van der Waals surface area contributed by atoms with Gasteiger partial charge < -0.3 is 15.5 Å². The van der Waals surface area contributed by atoms with Gasteiger partial charge in [-0.15, -0.1) is 10.2 Å². The molecule has 3 aromatic rings. The van der Waals surface area contributed by atoms with Gasteiger partial charge in [-0.25, -0.2) is 4.79 Å². The van der Waals surface area contributed by atoms with Crippen molar-refractivity contribution in [1.29, 1.82) is 0 Å².